The highest BCUT2D eigenvalue weighted by atomic mass is 16.1. The van der Waals surface area contributed by atoms with Gasteiger partial charge in [0, 0.05) is 35.5 Å². The minimum atomic E-state index is -0.136. The predicted molar refractivity (Wildman–Crippen MR) is 96.5 cm³/mol. The molecule has 0 aliphatic carbocycles. The molecular weight excluding hydrogens is 298 g/mol. The molecule has 2 heterocycles. The molecule has 1 aromatic carbocycles. The first kappa shape index (κ1) is 15.9. The summed E-state index contributed by atoms with van der Waals surface area (Å²) in [5, 5.41) is 1.05. The molecule has 3 aromatic rings. The van der Waals surface area contributed by atoms with Crippen LogP contribution < -0.4 is 5.49 Å². The molecule has 0 fully saturated rings. The molecule has 4 heteroatoms. The number of rotatable bonds is 3. The van der Waals surface area contributed by atoms with Crippen molar-refractivity contribution >= 4 is 22.9 Å². The van der Waals surface area contributed by atoms with Gasteiger partial charge in [-0.2, -0.15) is 0 Å². The topological polar surface area (TPSA) is 47.2 Å². The molecule has 24 heavy (non-hydrogen) atoms. The van der Waals surface area contributed by atoms with Crippen LogP contribution in [0.3, 0.4) is 0 Å². The van der Waals surface area contributed by atoms with Gasteiger partial charge in [-0.25, -0.2) is 0 Å². The van der Waals surface area contributed by atoms with Crippen LogP contribution in [-0.2, 0) is 0 Å². The van der Waals surface area contributed by atoms with Gasteiger partial charge in [-0.15, -0.1) is 0 Å². The highest BCUT2D eigenvalue weighted by molar-refractivity contribution is 5.96. The minimum Gasteiger partial charge on any atom is -0.269 e. The van der Waals surface area contributed by atoms with Crippen LogP contribution in [0.1, 0.15) is 24.2 Å². The van der Waals surface area contributed by atoms with Gasteiger partial charge in [0.1, 0.15) is 5.49 Å². The third-order valence-electron chi connectivity index (χ3n) is 3.54. The van der Waals surface area contributed by atoms with E-state index in [0.29, 0.717) is 5.49 Å². The van der Waals surface area contributed by atoms with Crippen molar-refractivity contribution in [1.82, 2.24) is 9.55 Å². The van der Waals surface area contributed by atoms with Crippen LogP contribution in [0.4, 0.5) is 0 Å². The maximum absolute atomic E-state index is 12.6. The van der Waals surface area contributed by atoms with E-state index < -0.39 is 0 Å². The van der Waals surface area contributed by atoms with Crippen molar-refractivity contribution in [2.75, 3.05) is 0 Å². The lowest BCUT2D eigenvalue weighted by Gasteiger charge is -2.04. The molecule has 0 atom stereocenters. The van der Waals surface area contributed by atoms with Crippen molar-refractivity contribution in [2.24, 2.45) is 4.99 Å². The second-order valence-electron chi connectivity index (χ2n) is 5.75. The highest BCUT2D eigenvalue weighted by Gasteiger charge is 2.03. The smallest absolute Gasteiger partial charge is 0.256 e. The first-order valence-corrected chi connectivity index (χ1v) is 7.93. The molecule has 2 aromatic heterocycles. The zero-order chi connectivity index (χ0) is 16.9. The number of hydrogen-bond donors (Lipinski definition) is 0. The van der Waals surface area contributed by atoms with Crippen molar-refractivity contribution in [3.63, 3.8) is 0 Å². The fourth-order valence-electron chi connectivity index (χ4n) is 2.49. The quantitative estimate of drug-likeness (QED) is 0.692. The van der Waals surface area contributed by atoms with Crippen LogP contribution in [0.15, 0.2) is 72.0 Å². The Balaban J connectivity index is 1.97. The summed E-state index contributed by atoms with van der Waals surface area (Å²) >= 11 is 0. The number of fused-ring (bicyclic) bond motifs is 1. The molecule has 0 aliphatic heterocycles. The largest absolute Gasteiger partial charge is 0.269 e. The van der Waals surface area contributed by atoms with Crippen molar-refractivity contribution < 1.29 is 4.79 Å². The van der Waals surface area contributed by atoms with Crippen molar-refractivity contribution in [1.29, 1.82) is 0 Å². The number of benzene rings is 1. The van der Waals surface area contributed by atoms with E-state index in [0.717, 1.165) is 16.5 Å². The lowest BCUT2D eigenvalue weighted by Crippen LogP contribution is -2.26. The van der Waals surface area contributed by atoms with E-state index in [1.807, 2.05) is 62.4 Å². The molecule has 0 bridgehead atoms. The van der Waals surface area contributed by atoms with E-state index in [2.05, 4.69) is 9.98 Å². The van der Waals surface area contributed by atoms with Gasteiger partial charge in [0.15, 0.2) is 0 Å². The standard InChI is InChI=1S/C20H19N3O/c1-15(2)22-18-10-3-4-14-23(18)19(24)12-11-17-8-5-7-16-9-6-13-21-20(16)17/h3-15H,1-2H3/b12-11+,22-18?. The Morgan fingerprint density at radius 2 is 1.96 bits per heavy atom. The zero-order valence-electron chi connectivity index (χ0n) is 13.8. The Kier molecular flexibility index (Phi) is 4.66. The van der Waals surface area contributed by atoms with Crippen LogP contribution in [0.25, 0.3) is 17.0 Å². The van der Waals surface area contributed by atoms with Gasteiger partial charge >= 0.3 is 0 Å². The van der Waals surface area contributed by atoms with E-state index in [9.17, 15) is 4.79 Å². The van der Waals surface area contributed by atoms with Crippen molar-refractivity contribution in [3.8, 4) is 0 Å². The monoisotopic (exact) mass is 317 g/mol. The summed E-state index contributed by atoms with van der Waals surface area (Å²) in [6.07, 6.45) is 6.85. The SMILES string of the molecule is CC(C)N=c1ccccn1C(=O)/C=C/c1cccc2cccnc12. The zero-order valence-corrected chi connectivity index (χ0v) is 13.8. The molecule has 0 radical (unpaired) electrons. The molecule has 120 valence electrons. The van der Waals surface area contributed by atoms with Crippen LogP contribution in [0.2, 0.25) is 0 Å². The number of para-hydroxylation sites is 1. The molecule has 0 unspecified atom stereocenters. The molecule has 0 spiro atoms. The summed E-state index contributed by atoms with van der Waals surface area (Å²) in [6, 6.07) is 15.5. The predicted octanol–water partition coefficient (Wildman–Crippen LogP) is 3.70. The van der Waals surface area contributed by atoms with Gasteiger partial charge < -0.3 is 0 Å². The summed E-state index contributed by atoms with van der Waals surface area (Å²) in [7, 11) is 0. The Morgan fingerprint density at radius 1 is 1.12 bits per heavy atom. The van der Waals surface area contributed by atoms with Crippen LogP contribution >= 0.6 is 0 Å². The summed E-state index contributed by atoms with van der Waals surface area (Å²) in [4.78, 5) is 21.4. The van der Waals surface area contributed by atoms with E-state index in [-0.39, 0.29) is 11.9 Å². The second kappa shape index (κ2) is 7.04. The average Bonchev–Trinajstić information content (AvgIpc) is 2.59. The normalized spacial score (nSPS) is 12.4. The first-order chi connectivity index (χ1) is 11.6. The van der Waals surface area contributed by atoms with Crippen molar-refractivity contribution in [3.05, 3.63) is 78.1 Å². The number of pyridine rings is 2. The van der Waals surface area contributed by atoms with Gasteiger partial charge in [-0.05, 0) is 38.1 Å². The molecule has 3 rings (SSSR count). The van der Waals surface area contributed by atoms with E-state index in [4.69, 9.17) is 0 Å². The third-order valence-corrected chi connectivity index (χ3v) is 3.54. The average molecular weight is 317 g/mol. The number of carbonyl (C=O) groups is 1. The maximum Gasteiger partial charge on any atom is 0.256 e. The minimum absolute atomic E-state index is 0.123. The molecule has 4 nitrogen and oxygen atoms in total. The Hall–Kier alpha value is -3.01. The summed E-state index contributed by atoms with van der Waals surface area (Å²) in [5.74, 6) is -0.136. The van der Waals surface area contributed by atoms with Crippen molar-refractivity contribution in [2.45, 2.75) is 19.9 Å². The fraction of sp³-hybridized carbons (Fsp3) is 0.150. The fourth-order valence-corrected chi connectivity index (χ4v) is 2.49. The maximum atomic E-state index is 12.6. The van der Waals surface area contributed by atoms with E-state index in [1.165, 1.54) is 0 Å². The van der Waals surface area contributed by atoms with Crippen LogP contribution in [-0.4, -0.2) is 21.5 Å². The molecule has 0 saturated heterocycles. The van der Waals surface area contributed by atoms with Gasteiger partial charge in [0.2, 0.25) is 0 Å². The first-order valence-electron chi connectivity index (χ1n) is 7.93. The number of nitrogens with zero attached hydrogens (tertiary/aromatic N) is 3. The summed E-state index contributed by atoms with van der Waals surface area (Å²) in [6.45, 7) is 3.97. The lowest BCUT2D eigenvalue weighted by molar-refractivity contribution is 0.0964. The lowest BCUT2D eigenvalue weighted by atomic mass is 10.1. The number of aromatic nitrogens is 2. The molecule has 0 saturated carbocycles. The number of allylic oxidation sites excluding steroid dienone is 1. The van der Waals surface area contributed by atoms with E-state index >= 15 is 0 Å². The summed E-state index contributed by atoms with van der Waals surface area (Å²) < 4.78 is 1.55. The number of carbonyl (C=O) groups excluding carboxylic acids is 1. The Morgan fingerprint density at radius 3 is 2.79 bits per heavy atom. The third kappa shape index (κ3) is 3.49. The van der Waals surface area contributed by atoms with Gasteiger partial charge in [-0.3, -0.25) is 19.3 Å². The van der Waals surface area contributed by atoms with Gasteiger partial charge in [0.25, 0.3) is 5.91 Å². The Labute approximate surface area is 140 Å². The highest BCUT2D eigenvalue weighted by Crippen LogP contribution is 2.17. The molecule has 0 aliphatic rings. The van der Waals surface area contributed by atoms with E-state index in [1.54, 1.807) is 29.1 Å². The molecule has 0 amide bonds. The van der Waals surface area contributed by atoms with Gasteiger partial charge in [0.05, 0.1) is 5.52 Å². The van der Waals surface area contributed by atoms with Crippen LogP contribution in [0.5, 0.6) is 0 Å². The summed E-state index contributed by atoms with van der Waals surface area (Å²) in [5.41, 5.74) is 2.45. The Bertz CT molecular complexity index is 962. The second-order valence-corrected chi connectivity index (χ2v) is 5.75. The van der Waals surface area contributed by atoms with Crippen LogP contribution in [0, 0.1) is 0 Å². The number of hydrogen-bond acceptors (Lipinski definition) is 3. The molecular formula is C20H19N3O. The van der Waals surface area contributed by atoms with Gasteiger partial charge in [-0.1, -0.05) is 30.3 Å². The molecule has 0 N–H and O–H groups in total.